The minimum absolute atomic E-state index is 0.0529. The number of H-pyrrole nitrogens is 1. The molecule has 2 aromatic carbocycles. The molecular formula is C22H23N3O3S. The first-order chi connectivity index (χ1) is 14.1. The Morgan fingerprint density at radius 3 is 2.93 bits per heavy atom. The number of hydrogen-bond acceptors (Lipinski definition) is 4. The van der Waals surface area contributed by atoms with Crippen LogP contribution in [0.5, 0.6) is 5.75 Å². The van der Waals surface area contributed by atoms with Crippen LogP contribution in [0.1, 0.15) is 24.0 Å². The van der Waals surface area contributed by atoms with Crippen molar-refractivity contribution < 1.29 is 14.1 Å². The molecule has 1 aliphatic heterocycles. The van der Waals surface area contributed by atoms with Gasteiger partial charge in [0, 0.05) is 41.5 Å². The van der Waals surface area contributed by atoms with Gasteiger partial charge in [-0.3, -0.25) is 4.79 Å². The van der Waals surface area contributed by atoms with Crippen molar-refractivity contribution >= 4 is 22.8 Å². The number of imidazole rings is 1. The number of hydrogen-bond donors (Lipinski definition) is 2. The van der Waals surface area contributed by atoms with Crippen molar-refractivity contribution in [2.24, 2.45) is 0 Å². The minimum Gasteiger partial charge on any atom is -0.609 e. The molecule has 7 heteroatoms. The van der Waals surface area contributed by atoms with E-state index >= 15 is 0 Å². The molecule has 29 heavy (non-hydrogen) atoms. The first kappa shape index (κ1) is 19.5. The molecule has 1 aliphatic rings. The molecule has 0 radical (unpaired) electrons. The lowest BCUT2D eigenvalue weighted by Gasteiger charge is -2.17. The fourth-order valence-corrected chi connectivity index (χ4v) is 4.31. The molecular weight excluding hydrogens is 386 g/mol. The molecule has 4 rings (SSSR count). The third kappa shape index (κ3) is 4.63. The van der Waals surface area contributed by atoms with E-state index in [0.717, 1.165) is 40.2 Å². The number of aromatic nitrogens is 2. The van der Waals surface area contributed by atoms with Crippen LogP contribution in [0.4, 0.5) is 5.69 Å². The fourth-order valence-electron chi connectivity index (χ4n) is 3.35. The van der Waals surface area contributed by atoms with Gasteiger partial charge in [-0.15, -0.1) is 0 Å². The summed E-state index contributed by atoms with van der Waals surface area (Å²) in [7, 11) is 0. The second-order valence-electron chi connectivity index (χ2n) is 7.02. The van der Waals surface area contributed by atoms with Crippen molar-refractivity contribution in [3.8, 4) is 17.0 Å². The van der Waals surface area contributed by atoms with Crippen LogP contribution in [-0.2, 0) is 22.4 Å². The van der Waals surface area contributed by atoms with Crippen molar-refractivity contribution in [1.29, 1.82) is 0 Å². The number of ether oxygens (including phenoxy) is 1. The molecule has 0 saturated heterocycles. The predicted octanol–water partition coefficient (Wildman–Crippen LogP) is 3.85. The number of carbonyl (C=O) groups is 1. The number of aromatic amines is 1. The first-order valence-electron chi connectivity index (χ1n) is 9.65. The number of nitrogens with zero attached hydrogens (tertiary/aromatic N) is 1. The Bertz CT molecular complexity index is 1020. The largest absolute Gasteiger partial charge is 0.609 e. The number of benzene rings is 2. The van der Waals surface area contributed by atoms with Crippen LogP contribution < -0.4 is 10.1 Å². The van der Waals surface area contributed by atoms with Crippen LogP contribution in [-0.4, -0.2) is 32.8 Å². The van der Waals surface area contributed by atoms with E-state index in [4.69, 9.17) is 4.74 Å². The highest BCUT2D eigenvalue weighted by Crippen LogP contribution is 2.27. The van der Waals surface area contributed by atoms with E-state index in [1.54, 1.807) is 6.20 Å². The standard InChI is InChI=1S/C22H23N3O3S/c1-15-5-2-3-6-18(15)20-14-23-22(25-20)29(27)12-4-11-28-17-8-9-19-16(13-17)7-10-21(26)24-19/h2-3,5-6,8-9,13-14H,4,7,10-12H2,1H3,(H,23,25)(H,24,26)/t29-/m0/s1. The molecule has 0 bridgehead atoms. The summed E-state index contributed by atoms with van der Waals surface area (Å²) in [6, 6.07) is 13.7. The quantitative estimate of drug-likeness (QED) is 0.458. The Balaban J connectivity index is 1.28. The molecule has 2 N–H and O–H groups in total. The van der Waals surface area contributed by atoms with Gasteiger partial charge < -0.3 is 19.6 Å². The van der Waals surface area contributed by atoms with Crippen molar-refractivity contribution in [2.75, 3.05) is 17.7 Å². The third-order valence-electron chi connectivity index (χ3n) is 4.91. The third-order valence-corrected chi connectivity index (χ3v) is 6.21. The van der Waals surface area contributed by atoms with Crippen LogP contribution in [0.3, 0.4) is 0 Å². The summed E-state index contributed by atoms with van der Waals surface area (Å²) in [5.74, 6) is 1.30. The highest BCUT2D eigenvalue weighted by Gasteiger charge is 2.18. The zero-order valence-corrected chi connectivity index (χ0v) is 17.1. The van der Waals surface area contributed by atoms with E-state index in [0.29, 0.717) is 30.4 Å². The SMILES string of the molecule is Cc1ccccc1-c1c[nH]c([S@@+]([O-])CCCOc2ccc3c(c2)CCC(=O)N3)n1. The second kappa shape index (κ2) is 8.71. The summed E-state index contributed by atoms with van der Waals surface area (Å²) in [5, 5.41) is 3.35. The number of aryl methyl sites for hydroxylation is 2. The molecule has 1 amide bonds. The number of carbonyl (C=O) groups excluding carboxylic acids is 1. The minimum atomic E-state index is -1.20. The highest BCUT2D eigenvalue weighted by atomic mass is 32.2. The predicted molar refractivity (Wildman–Crippen MR) is 114 cm³/mol. The molecule has 1 atom stereocenters. The molecule has 2 heterocycles. The van der Waals surface area contributed by atoms with Crippen LogP contribution in [0.15, 0.2) is 53.8 Å². The van der Waals surface area contributed by atoms with Gasteiger partial charge >= 0.3 is 5.16 Å². The highest BCUT2D eigenvalue weighted by molar-refractivity contribution is 7.91. The van der Waals surface area contributed by atoms with Crippen LogP contribution in [0, 0.1) is 6.92 Å². The van der Waals surface area contributed by atoms with Gasteiger partial charge in [-0.05, 0) is 42.7 Å². The number of anilines is 1. The fraction of sp³-hybridized carbons (Fsp3) is 0.273. The summed E-state index contributed by atoms with van der Waals surface area (Å²) in [4.78, 5) is 19.0. The van der Waals surface area contributed by atoms with Crippen molar-refractivity contribution in [3.63, 3.8) is 0 Å². The molecule has 0 fully saturated rings. The Morgan fingerprint density at radius 2 is 2.07 bits per heavy atom. The van der Waals surface area contributed by atoms with Crippen LogP contribution in [0.2, 0.25) is 0 Å². The van der Waals surface area contributed by atoms with E-state index < -0.39 is 11.2 Å². The van der Waals surface area contributed by atoms with E-state index in [2.05, 4.69) is 15.3 Å². The Kier molecular flexibility index (Phi) is 5.87. The molecule has 0 unspecified atom stereocenters. The zero-order valence-electron chi connectivity index (χ0n) is 16.2. The lowest BCUT2D eigenvalue weighted by Crippen LogP contribution is -2.18. The zero-order chi connectivity index (χ0) is 20.2. The van der Waals surface area contributed by atoms with Gasteiger partial charge in [0.2, 0.25) is 5.91 Å². The van der Waals surface area contributed by atoms with Gasteiger partial charge in [0.25, 0.3) is 0 Å². The van der Waals surface area contributed by atoms with Gasteiger partial charge in [0.1, 0.15) is 11.5 Å². The number of rotatable bonds is 7. The van der Waals surface area contributed by atoms with Crippen molar-refractivity contribution in [3.05, 3.63) is 59.8 Å². The van der Waals surface area contributed by atoms with E-state index in [-0.39, 0.29) is 5.91 Å². The monoisotopic (exact) mass is 409 g/mol. The molecule has 150 valence electrons. The van der Waals surface area contributed by atoms with Gasteiger partial charge in [-0.1, -0.05) is 24.3 Å². The van der Waals surface area contributed by atoms with Crippen molar-refractivity contribution in [2.45, 2.75) is 31.3 Å². The van der Waals surface area contributed by atoms with E-state index in [1.165, 1.54) is 0 Å². The summed E-state index contributed by atoms with van der Waals surface area (Å²) < 4.78 is 18.3. The Morgan fingerprint density at radius 1 is 1.21 bits per heavy atom. The second-order valence-corrected chi connectivity index (χ2v) is 8.51. The number of amides is 1. The number of nitrogens with one attached hydrogen (secondary N) is 2. The van der Waals surface area contributed by atoms with E-state index in [9.17, 15) is 9.35 Å². The number of fused-ring (bicyclic) bond motifs is 1. The first-order valence-corrected chi connectivity index (χ1v) is 11.0. The topological polar surface area (TPSA) is 90.1 Å². The average Bonchev–Trinajstić information content (AvgIpc) is 3.21. The maximum atomic E-state index is 12.5. The summed E-state index contributed by atoms with van der Waals surface area (Å²) in [6.45, 7) is 2.51. The van der Waals surface area contributed by atoms with Gasteiger partial charge in [0.15, 0.2) is 0 Å². The van der Waals surface area contributed by atoms with Crippen LogP contribution in [0.25, 0.3) is 11.3 Å². The molecule has 3 aromatic rings. The summed E-state index contributed by atoms with van der Waals surface area (Å²) in [6.07, 6.45) is 3.69. The Hall–Kier alpha value is -2.77. The van der Waals surface area contributed by atoms with Gasteiger partial charge in [0.05, 0.1) is 12.3 Å². The average molecular weight is 410 g/mol. The molecule has 1 aromatic heterocycles. The Labute approximate surface area is 172 Å². The maximum absolute atomic E-state index is 12.5. The summed E-state index contributed by atoms with van der Waals surface area (Å²) in [5.41, 5.74) is 4.93. The maximum Gasteiger partial charge on any atom is 0.321 e. The van der Waals surface area contributed by atoms with Crippen LogP contribution >= 0.6 is 0 Å². The van der Waals surface area contributed by atoms with Gasteiger partial charge in [-0.25, -0.2) is 0 Å². The normalized spacial score (nSPS) is 14.2. The smallest absolute Gasteiger partial charge is 0.321 e. The molecule has 0 aliphatic carbocycles. The lowest BCUT2D eigenvalue weighted by molar-refractivity contribution is -0.116. The summed E-state index contributed by atoms with van der Waals surface area (Å²) >= 11 is -1.20. The molecule has 6 nitrogen and oxygen atoms in total. The van der Waals surface area contributed by atoms with E-state index in [1.807, 2.05) is 49.4 Å². The molecule has 0 saturated carbocycles. The van der Waals surface area contributed by atoms with Gasteiger partial charge in [-0.2, -0.15) is 4.98 Å². The lowest BCUT2D eigenvalue weighted by atomic mass is 10.0. The molecule has 0 spiro atoms. The van der Waals surface area contributed by atoms with Crippen molar-refractivity contribution in [1.82, 2.24) is 9.97 Å².